The number of carbonyl (C=O) groups is 2. The van der Waals surface area contributed by atoms with Gasteiger partial charge in [-0.25, -0.2) is 4.79 Å². The Labute approximate surface area is 159 Å². The summed E-state index contributed by atoms with van der Waals surface area (Å²) < 4.78 is 5.06. The molecule has 27 heavy (non-hydrogen) atoms. The van der Waals surface area contributed by atoms with Crippen molar-refractivity contribution in [2.45, 2.75) is 44.4 Å². The molecule has 1 aromatic heterocycles. The van der Waals surface area contributed by atoms with Gasteiger partial charge in [0, 0.05) is 44.6 Å². The fraction of sp³-hybridized carbons (Fsp3) is 0.632. The Morgan fingerprint density at radius 2 is 2.07 bits per heavy atom. The molecule has 2 aliphatic rings. The van der Waals surface area contributed by atoms with Crippen LogP contribution in [0.3, 0.4) is 0 Å². The Balaban J connectivity index is 1.46. The second-order valence-corrected chi connectivity index (χ2v) is 7.09. The summed E-state index contributed by atoms with van der Waals surface area (Å²) >= 11 is 0. The predicted molar refractivity (Wildman–Crippen MR) is 99.3 cm³/mol. The molecule has 0 aliphatic carbocycles. The molecule has 0 aromatic carbocycles. The number of likely N-dealkylation sites (tertiary alicyclic amines) is 2. The van der Waals surface area contributed by atoms with Gasteiger partial charge < -0.3 is 20.1 Å². The maximum absolute atomic E-state index is 12.3. The number of hydrogen-bond donors (Lipinski definition) is 2. The van der Waals surface area contributed by atoms with E-state index in [1.54, 1.807) is 23.2 Å². The van der Waals surface area contributed by atoms with Crippen LogP contribution in [0.15, 0.2) is 24.5 Å². The largest absolute Gasteiger partial charge is 0.450 e. The van der Waals surface area contributed by atoms with Gasteiger partial charge in [-0.3, -0.25) is 14.7 Å². The minimum Gasteiger partial charge on any atom is -0.450 e. The molecular formula is C19H28N4O4. The van der Waals surface area contributed by atoms with E-state index in [4.69, 9.17) is 4.74 Å². The molecule has 8 heteroatoms. The number of aliphatic hydroxyl groups excluding tert-OH is 1. The fourth-order valence-corrected chi connectivity index (χ4v) is 3.83. The topological polar surface area (TPSA) is 95.0 Å². The van der Waals surface area contributed by atoms with Crippen molar-refractivity contribution < 1.29 is 19.4 Å². The monoisotopic (exact) mass is 376 g/mol. The van der Waals surface area contributed by atoms with Crippen molar-refractivity contribution in [1.29, 1.82) is 0 Å². The molecule has 1 aromatic rings. The highest BCUT2D eigenvalue weighted by atomic mass is 16.6. The van der Waals surface area contributed by atoms with E-state index in [9.17, 15) is 14.7 Å². The molecule has 0 radical (unpaired) electrons. The third-order valence-corrected chi connectivity index (χ3v) is 5.36. The third kappa shape index (κ3) is 4.95. The number of aliphatic hydroxyl groups is 1. The second kappa shape index (κ2) is 9.14. The predicted octanol–water partition coefficient (Wildman–Crippen LogP) is 0.867. The lowest BCUT2D eigenvalue weighted by Crippen LogP contribution is -2.57. The molecule has 0 bridgehead atoms. The molecule has 2 aliphatic heterocycles. The molecule has 2 N–H and O–H groups in total. The Bertz CT molecular complexity index is 634. The molecule has 3 heterocycles. The van der Waals surface area contributed by atoms with Crippen molar-refractivity contribution in [3.63, 3.8) is 0 Å². The molecule has 2 amide bonds. The number of piperidine rings is 2. The van der Waals surface area contributed by atoms with E-state index >= 15 is 0 Å². The van der Waals surface area contributed by atoms with Crippen LogP contribution in [0.25, 0.3) is 0 Å². The van der Waals surface area contributed by atoms with Crippen LogP contribution in [0.2, 0.25) is 0 Å². The van der Waals surface area contributed by atoms with Gasteiger partial charge in [0.15, 0.2) is 0 Å². The third-order valence-electron chi connectivity index (χ3n) is 5.36. The highest BCUT2D eigenvalue weighted by molar-refractivity contribution is 5.94. The van der Waals surface area contributed by atoms with Crippen molar-refractivity contribution in [1.82, 2.24) is 20.1 Å². The molecule has 0 spiro atoms. The summed E-state index contributed by atoms with van der Waals surface area (Å²) in [6.07, 6.45) is 4.74. The molecule has 148 valence electrons. The van der Waals surface area contributed by atoms with Gasteiger partial charge in [0.1, 0.15) is 0 Å². The summed E-state index contributed by atoms with van der Waals surface area (Å²) in [6.45, 7) is 4.90. The molecule has 2 fully saturated rings. The normalized spacial score (nSPS) is 24.4. The summed E-state index contributed by atoms with van der Waals surface area (Å²) in [5.74, 6) is -0.205. The average molecular weight is 376 g/mol. The lowest BCUT2D eigenvalue weighted by atomic mass is 9.96. The maximum Gasteiger partial charge on any atom is 0.409 e. The second-order valence-electron chi connectivity index (χ2n) is 7.09. The van der Waals surface area contributed by atoms with E-state index in [1.165, 1.54) is 6.20 Å². The molecule has 2 atom stereocenters. The van der Waals surface area contributed by atoms with Gasteiger partial charge >= 0.3 is 6.09 Å². The zero-order chi connectivity index (χ0) is 19.2. The molecule has 0 saturated carbocycles. The van der Waals surface area contributed by atoms with Crippen LogP contribution in [-0.4, -0.2) is 82.9 Å². The molecule has 3 rings (SSSR count). The Morgan fingerprint density at radius 1 is 1.30 bits per heavy atom. The fourth-order valence-electron chi connectivity index (χ4n) is 3.83. The van der Waals surface area contributed by atoms with Gasteiger partial charge in [-0.1, -0.05) is 0 Å². The van der Waals surface area contributed by atoms with E-state index in [1.807, 2.05) is 6.92 Å². The number of nitrogens with zero attached hydrogens (tertiary/aromatic N) is 3. The minimum absolute atomic E-state index is 0.205. The quantitative estimate of drug-likeness (QED) is 0.810. The zero-order valence-electron chi connectivity index (χ0n) is 15.7. The van der Waals surface area contributed by atoms with E-state index in [2.05, 4.69) is 15.2 Å². The number of rotatable bonds is 4. The number of pyridine rings is 1. The number of nitrogens with one attached hydrogen (secondary N) is 1. The summed E-state index contributed by atoms with van der Waals surface area (Å²) in [7, 11) is 0. The smallest absolute Gasteiger partial charge is 0.409 e. The van der Waals surface area contributed by atoms with Crippen molar-refractivity contribution in [2.75, 3.05) is 32.8 Å². The highest BCUT2D eigenvalue weighted by Crippen LogP contribution is 2.22. The van der Waals surface area contributed by atoms with Crippen LogP contribution in [0.1, 0.15) is 36.5 Å². The average Bonchev–Trinajstić information content (AvgIpc) is 2.70. The van der Waals surface area contributed by atoms with Gasteiger partial charge in [-0.05, 0) is 38.3 Å². The first-order valence-corrected chi connectivity index (χ1v) is 9.63. The Kier molecular flexibility index (Phi) is 6.63. The summed E-state index contributed by atoms with van der Waals surface area (Å²) in [4.78, 5) is 32.0. The van der Waals surface area contributed by atoms with Crippen LogP contribution < -0.4 is 5.32 Å². The number of β-amino-alcohol motifs (C(OH)–C–C–N with tert-alkyl or cyclic N) is 1. The van der Waals surface area contributed by atoms with E-state index in [-0.39, 0.29) is 18.0 Å². The number of aromatic nitrogens is 1. The van der Waals surface area contributed by atoms with Crippen molar-refractivity contribution in [2.24, 2.45) is 0 Å². The lowest BCUT2D eigenvalue weighted by Gasteiger charge is -2.43. The highest BCUT2D eigenvalue weighted by Gasteiger charge is 2.34. The summed E-state index contributed by atoms with van der Waals surface area (Å²) in [5, 5.41) is 13.4. The number of hydrogen-bond acceptors (Lipinski definition) is 6. The van der Waals surface area contributed by atoms with Gasteiger partial charge in [-0.15, -0.1) is 0 Å². The summed E-state index contributed by atoms with van der Waals surface area (Å²) in [6, 6.07) is 3.52. The minimum atomic E-state index is -0.609. The number of carbonyl (C=O) groups excluding carboxylic acids is 2. The van der Waals surface area contributed by atoms with E-state index in [0.29, 0.717) is 44.3 Å². The van der Waals surface area contributed by atoms with Gasteiger partial charge in [-0.2, -0.15) is 0 Å². The van der Waals surface area contributed by atoms with Crippen LogP contribution in [0, 0.1) is 0 Å². The van der Waals surface area contributed by atoms with Crippen molar-refractivity contribution >= 4 is 12.0 Å². The SMILES string of the molecule is CCOC(=O)N1CCC(N2CC[C@@H](NC(=O)c3cccnc3)[C@H](O)C2)CC1. The first-order valence-electron chi connectivity index (χ1n) is 9.63. The van der Waals surface area contributed by atoms with Gasteiger partial charge in [0.2, 0.25) is 0 Å². The Morgan fingerprint density at radius 3 is 2.70 bits per heavy atom. The van der Waals surface area contributed by atoms with Crippen LogP contribution >= 0.6 is 0 Å². The van der Waals surface area contributed by atoms with Crippen LogP contribution in [0.4, 0.5) is 4.79 Å². The zero-order valence-corrected chi connectivity index (χ0v) is 15.7. The molecule has 2 saturated heterocycles. The summed E-state index contributed by atoms with van der Waals surface area (Å²) in [5.41, 5.74) is 0.499. The lowest BCUT2D eigenvalue weighted by molar-refractivity contribution is 0.00482. The number of ether oxygens (including phenoxy) is 1. The first kappa shape index (κ1) is 19.6. The van der Waals surface area contributed by atoms with Crippen molar-refractivity contribution in [3.8, 4) is 0 Å². The van der Waals surface area contributed by atoms with Gasteiger partial charge in [0.25, 0.3) is 5.91 Å². The maximum atomic E-state index is 12.3. The standard InChI is InChI=1S/C19H28N4O4/c1-2-27-19(26)22-9-5-15(6-10-22)23-11-7-16(17(24)13-23)21-18(25)14-4-3-8-20-12-14/h3-4,8,12,15-17,24H,2,5-7,9-11,13H2,1H3,(H,21,25)/t16-,17-/m1/s1. The van der Waals surface area contributed by atoms with Gasteiger partial charge in [0.05, 0.1) is 24.3 Å². The molecular weight excluding hydrogens is 348 g/mol. The van der Waals surface area contributed by atoms with Crippen LogP contribution in [-0.2, 0) is 4.74 Å². The Hall–Kier alpha value is -2.19. The molecule has 8 nitrogen and oxygen atoms in total. The number of amides is 2. The first-order chi connectivity index (χ1) is 13.1. The molecule has 0 unspecified atom stereocenters. The van der Waals surface area contributed by atoms with E-state index < -0.39 is 6.10 Å². The van der Waals surface area contributed by atoms with Crippen molar-refractivity contribution in [3.05, 3.63) is 30.1 Å². The van der Waals surface area contributed by atoms with Crippen LogP contribution in [0.5, 0.6) is 0 Å². The van der Waals surface area contributed by atoms with E-state index in [0.717, 1.165) is 19.4 Å².